The van der Waals surface area contributed by atoms with E-state index >= 15 is 0 Å². The summed E-state index contributed by atoms with van der Waals surface area (Å²) in [4.78, 5) is 9.87. The van der Waals surface area contributed by atoms with E-state index in [9.17, 15) is 0 Å². The van der Waals surface area contributed by atoms with Gasteiger partial charge in [-0.15, -0.1) is 24.0 Å². The van der Waals surface area contributed by atoms with E-state index in [0.29, 0.717) is 6.54 Å². The van der Waals surface area contributed by atoms with Crippen molar-refractivity contribution in [1.29, 1.82) is 0 Å². The van der Waals surface area contributed by atoms with Crippen LogP contribution >= 0.6 is 24.0 Å². The highest BCUT2D eigenvalue weighted by Gasteiger charge is 2.17. The third-order valence-electron chi connectivity index (χ3n) is 6.15. The third-order valence-corrected chi connectivity index (χ3v) is 6.15. The highest BCUT2D eigenvalue weighted by atomic mass is 127. The van der Waals surface area contributed by atoms with Crippen molar-refractivity contribution in [2.45, 2.75) is 58.7 Å². The first kappa shape index (κ1) is 26.4. The molecule has 2 aliphatic rings. The summed E-state index contributed by atoms with van der Waals surface area (Å²) in [6.45, 7) is 14.2. The van der Waals surface area contributed by atoms with Crippen LogP contribution in [0.5, 0.6) is 0 Å². The number of morpholine rings is 1. The molecule has 0 aliphatic carbocycles. The van der Waals surface area contributed by atoms with E-state index in [4.69, 9.17) is 9.73 Å². The van der Waals surface area contributed by atoms with Crippen LogP contribution in [-0.4, -0.2) is 74.3 Å². The highest BCUT2D eigenvalue weighted by molar-refractivity contribution is 14.0. The quantitative estimate of drug-likeness (QED) is 0.216. The Balaban J connectivity index is 0.00000341. The number of guanidine groups is 1. The molecule has 2 fully saturated rings. The molecule has 1 aromatic carbocycles. The predicted molar refractivity (Wildman–Crippen MR) is 140 cm³/mol. The molecule has 0 amide bonds. The Morgan fingerprint density at radius 1 is 1.06 bits per heavy atom. The molecule has 2 saturated heterocycles. The average molecular weight is 544 g/mol. The number of piperidine rings is 1. The van der Waals surface area contributed by atoms with Crippen molar-refractivity contribution in [1.82, 2.24) is 20.4 Å². The standard InChI is InChI=1S/C24H41N5O.HI/c1-3-25-24(26-12-6-14-29-13-5-4-7-21(29)2)27-19-22-8-10-23(11-9-22)20-28-15-17-30-18-16-28;/h8-11,21H,3-7,12-20H2,1-2H3,(H2,25,26,27);1H. The first-order valence-electron chi connectivity index (χ1n) is 11.9. The molecule has 6 nitrogen and oxygen atoms in total. The zero-order chi connectivity index (χ0) is 21.0. The Hall–Kier alpha value is -0.900. The molecule has 0 saturated carbocycles. The maximum atomic E-state index is 5.43. The van der Waals surface area contributed by atoms with E-state index < -0.39 is 0 Å². The number of aliphatic imine (C=N–C) groups is 1. The average Bonchev–Trinajstić information content (AvgIpc) is 2.78. The van der Waals surface area contributed by atoms with Crippen LogP contribution in [0.15, 0.2) is 29.3 Å². The lowest BCUT2D eigenvalue weighted by molar-refractivity contribution is 0.0342. The van der Waals surface area contributed by atoms with E-state index in [1.54, 1.807) is 0 Å². The smallest absolute Gasteiger partial charge is 0.191 e. The second kappa shape index (κ2) is 15.0. The summed E-state index contributed by atoms with van der Waals surface area (Å²) in [6, 6.07) is 9.63. The van der Waals surface area contributed by atoms with Gasteiger partial charge in [-0.05, 0) is 50.8 Å². The lowest BCUT2D eigenvalue weighted by atomic mass is 10.0. The summed E-state index contributed by atoms with van der Waals surface area (Å²) in [6.07, 6.45) is 5.25. The fraction of sp³-hybridized carbons (Fsp3) is 0.708. The molecule has 1 aromatic rings. The minimum atomic E-state index is 0. The lowest BCUT2D eigenvalue weighted by Gasteiger charge is -2.33. The molecule has 0 radical (unpaired) electrons. The van der Waals surface area contributed by atoms with E-state index in [2.05, 4.69) is 58.5 Å². The number of halogens is 1. The number of hydrogen-bond acceptors (Lipinski definition) is 4. The normalized spacial score (nSPS) is 20.8. The molecule has 2 heterocycles. The van der Waals surface area contributed by atoms with Gasteiger partial charge in [-0.2, -0.15) is 0 Å². The minimum absolute atomic E-state index is 0. The molecule has 0 aromatic heterocycles. The maximum Gasteiger partial charge on any atom is 0.191 e. The van der Waals surface area contributed by atoms with Gasteiger partial charge in [-0.1, -0.05) is 30.7 Å². The van der Waals surface area contributed by atoms with Gasteiger partial charge >= 0.3 is 0 Å². The Kier molecular flexibility index (Phi) is 12.8. The van der Waals surface area contributed by atoms with Crippen LogP contribution < -0.4 is 10.6 Å². The molecule has 7 heteroatoms. The number of ether oxygens (including phenoxy) is 1. The van der Waals surface area contributed by atoms with Gasteiger partial charge in [0.05, 0.1) is 19.8 Å². The van der Waals surface area contributed by atoms with E-state index in [1.807, 2.05) is 0 Å². The van der Waals surface area contributed by atoms with Crippen molar-refractivity contribution in [3.05, 3.63) is 35.4 Å². The van der Waals surface area contributed by atoms with Crippen LogP contribution in [0, 0.1) is 0 Å². The van der Waals surface area contributed by atoms with Gasteiger partial charge in [-0.3, -0.25) is 4.90 Å². The largest absolute Gasteiger partial charge is 0.379 e. The SMILES string of the molecule is CCNC(=NCc1ccc(CN2CCOCC2)cc1)NCCCN1CCCCC1C.I. The minimum Gasteiger partial charge on any atom is -0.379 e. The topological polar surface area (TPSA) is 52.1 Å². The van der Waals surface area contributed by atoms with Crippen LogP contribution in [0.4, 0.5) is 0 Å². The van der Waals surface area contributed by atoms with Gasteiger partial charge in [-0.25, -0.2) is 4.99 Å². The molecule has 1 unspecified atom stereocenters. The summed E-state index contributed by atoms with van der Waals surface area (Å²) < 4.78 is 5.43. The van der Waals surface area contributed by atoms with Crippen molar-refractivity contribution >= 4 is 29.9 Å². The van der Waals surface area contributed by atoms with Gasteiger partial charge in [0.2, 0.25) is 0 Å². The van der Waals surface area contributed by atoms with Gasteiger partial charge in [0.25, 0.3) is 0 Å². The Labute approximate surface area is 206 Å². The zero-order valence-electron chi connectivity index (χ0n) is 19.4. The van der Waals surface area contributed by atoms with Crippen molar-refractivity contribution < 1.29 is 4.74 Å². The summed E-state index contributed by atoms with van der Waals surface area (Å²) in [5.74, 6) is 0.918. The fourth-order valence-corrected chi connectivity index (χ4v) is 4.26. The number of nitrogens with zero attached hydrogens (tertiary/aromatic N) is 3. The lowest BCUT2D eigenvalue weighted by Crippen LogP contribution is -2.41. The second-order valence-electron chi connectivity index (χ2n) is 8.56. The highest BCUT2D eigenvalue weighted by Crippen LogP contribution is 2.16. The monoisotopic (exact) mass is 543 g/mol. The summed E-state index contributed by atoms with van der Waals surface area (Å²) in [5, 5.41) is 6.88. The molecule has 2 N–H and O–H groups in total. The van der Waals surface area contributed by atoms with Crippen LogP contribution in [0.3, 0.4) is 0 Å². The number of hydrogen-bond donors (Lipinski definition) is 2. The maximum absolute atomic E-state index is 5.43. The molecule has 1 atom stereocenters. The van der Waals surface area contributed by atoms with Crippen molar-refractivity contribution in [2.24, 2.45) is 4.99 Å². The second-order valence-corrected chi connectivity index (χ2v) is 8.56. The van der Waals surface area contributed by atoms with Gasteiger partial charge in [0.15, 0.2) is 5.96 Å². The number of likely N-dealkylation sites (tertiary alicyclic amines) is 1. The predicted octanol–water partition coefficient (Wildman–Crippen LogP) is 3.46. The fourth-order valence-electron chi connectivity index (χ4n) is 4.26. The molecule has 2 aliphatic heterocycles. The number of nitrogens with one attached hydrogen (secondary N) is 2. The van der Waals surface area contributed by atoms with Crippen molar-refractivity contribution in [3.8, 4) is 0 Å². The summed E-state index contributed by atoms with van der Waals surface area (Å²) >= 11 is 0. The van der Waals surface area contributed by atoms with E-state index in [1.165, 1.54) is 43.5 Å². The van der Waals surface area contributed by atoms with Crippen LogP contribution in [0.1, 0.15) is 50.7 Å². The Morgan fingerprint density at radius 2 is 1.81 bits per heavy atom. The van der Waals surface area contributed by atoms with Gasteiger partial charge in [0, 0.05) is 45.3 Å². The first-order chi connectivity index (χ1) is 14.7. The number of rotatable bonds is 9. The van der Waals surface area contributed by atoms with Crippen LogP contribution in [-0.2, 0) is 17.8 Å². The Morgan fingerprint density at radius 3 is 2.52 bits per heavy atom. The number of benzene rings is 1. The molecule has 0 spiro atoms. The molecular weight excluding hydrogens is 501 g/mol. The molecule has 3 rings (SSSR count). The third kappa shape index (κ3) is 9.63. The van der Waals surface area contributed by atoms with Crippen LogP contribution in [0.25, 0.3) is 0 Å². The van der Waals surface area contributed by atoms with Gasteiger partial charge in [0.1, 0.15) is 0 Å². The van der Waals surface area contributed by atoms with Gasteiger partial charge < -0.3 is 20.3 Å². The zero-order valence-corrected chi connectivity index (χ0v) is 21.8. The van der Waals surface area contributed by atoms with E-state index in [-0.39, 0.29) is 24.0 Å². The van der Waals surface area contributed by atoms with Crippen molar-refractivity contribution in [2.75, 3.05) is 52.5 Å². The summed E-state index contributed by atoms with van der Waals surface area (Å²) in [5.41, 5.74) is 2.61. The molecule has 0 bridgehead atoms. The van der Waals surface area contributed by atoms with Crippen LogP contribution in [0.2, 0.25) is 0 Å². The Bertz CT molecular complexity index is 633. The van der Waals surface area contributed by atoms with Crippen molar-refractivity contribution in [3.63, 3.8) is 0 Å². The molecule has 176 valence electrons. The van der Waals surface area contributed by atoms with E-state index in [0.717, 1.165) is 64.4 Å². The first-order valence-corrected chi connectivity index (χ1v) is 11.9. The summed E-state index contributed by atoms with van der Waals surface area (Å²) in [7, 11) is 0. The molecular formula is C24H42IN5O. The molecule has 31 heavy (non-hydrogen) atoms.